The van der Waals surface area contributed by atoms with Gasteiger partial charge in [0.1, 0.15) is 12.1 Å². The molecule has 0 radical (unpaired) electrons. The number of fused-ring (bicyclic) bond motifs is 2. The van der Waals surface area contributed by atoms with Gasteiger partial charge in [-0.2, -0.15) is 10.5 Å². The molecule has 4 aliphatic rings. The molecule has 3 fully saturated rings. The van der Waals surface area contributed by atoms with Gasteiger partial charge >= 0.3 is 0 Å². The van der Waals surface area contributed by atoms with Crippen molar-refractivity contribution in [3.63, 3.8) is 0 Å². The Bertz CT molecular complexity index is 1870. The molecule has 2 bridgehead atoms. The molecule has 4 aromatic rings. The number of nitrogens with zero attached hydrogens (tertiary/aromatic N) is 5. The smallest absolute Gasteiger partial charge is 0.103 e. The number of aryl methyl sites for hydroxylation is 1. The van der Waals surface area contributed by atoms with Crippen LogP contribution in [0.25, 0.3) is 21.8 Å². The van der Waals surface area contributed by atoms with E-state index >= 15 is 0 Å². The quantitative estimate of drug-likeness (QED) is 0.207. The highest BCUT2D eigenvalue weighted by molar-refractivity contribution is 5.99. The Morgan fingerprint density at radius 2 is 1.86 bits per heavy atom. The van der Waals surface area contributed by atoms with E-state index in [9.17, 15) is 10.5 Å². The third-order valence-corrected chi connectivity index (χ3v) is 8.95. The number of hydrogen-bond acceptors (Lipinski definition) is 9. The topological polar surface area (TPSA) is 125 Å². The van der Waals surface area contributed by atoms with Crippen LogP contribution in [0.5, 0.6) is 0 Å². The minimum atomic E-state index is -0.278. The van der Waals surface area contributed by atoms with Crippen LogP contribution < -0.4 is 21.6 Å². The SMILES string of the molecule is Cc1ccc2c([C@H](Nc3cc(C#N)c4ncc(C#N)c(NCC(C)(C)C)c4c3)C3=CN(C45CC(C4)C5)NN3)cccc2n1. The summed E-state index contributed by atoms with van der Waals surface area (Å²) in [4.78, 5) is 9.32. The van der Waals surface area contributed by atoms with Crippen molar-refractivity contribution in [2.75, 3.05) is 17.2 Å². The van der Waals surface area contributed by atoms with Crippen molar-refractivity contribution in [2.24, 2.45) is 11.3 Å². The molecular weight excluding hydrogens is 534 g/mol. The summed E-state index contributed by atoms with van der Waals surface area (Å²) in [6, 6.07) is 18.6. The molecule has 2 aromatic carbocycles. The standard InChI is InChI=1S/C34H35N9/c1-20-8-9-25-26(6-5-7-28(25)39-20)32(29-18-43(42-41-29)34-12-21(13-34)14-34)40-24-10-22(15-35)30-27(11-24)31(23(16-36)17-37-30)38-19-33(2,3)4/h5-11,17-18,21,32,40-42H,12-14,19H2,1-4H3,(H,37,38)/t21?,32-,34?/m0/s1. The fourth-order valence-corrected chi connectivity index (χ4v) is 6.58. The van der Waals surface area contributed by atoms with Gasteiger partial charge in [0.15, 0.2) is 0 Å². The number of nitrogens with one attached hydrogen (secondary N) is 4. The summed E-state index contributed by atoms with van der Waals surface area (Å²) < 4.78 is 0. The van der Waals surface area contributed by atoms with E-state index in [-0.39, 0.29) is 17.0 Å². The normalized spacial score (nSPS) is 21.2. The van der Waals surface area contributed by atoms with Crippen molar-refractivity contribution in [1.82, 2.24) is 25.9 Å². The van der Waals surface area contributed by atoms with E-state index in [1.54, 1.807) is 6.20 Å². The molecule has 0 amide bonds. The number of nitriles is 2. The fraction of sp³-hybridized carbons (Fsp3) is 0.353. The lowest BCUT2D eigenvalue weighted by Gasteiger charge is -2.64. The molecule has 9 nitrogen and oxygen atoms in total. The van der Waals surface area contributed by atoms with Gasteiger partial charge in [0.2, 0.25) is 0 Å². The second-order valence-electron chi connectivity index (χ2n) is 13.4. The number of hydrogen-bond donors (Lipinski definition) is 4. The van der Waals surface area contributed by atoms with Crippen molar-refractivity contribution < 1.29 is 0 Å². The Hall–Kier alpha value is -4.86. The monoisotopic (exact) mass is 569 g/mol. The van der Waals surface area contributed by atoms with Gasteiger partial charge in [0.05, 0.1) is 45.1 Å². The zero-order valence-corrected chi connectivity index (χ0v) is 24.9. The number of rotatable bonds is 7. The molecule has 43 heavy (non-hydrogen) atoms. The molecule has 1 aliphatic heterocycles. The van der Waals surface area contributed by atoms with Crippen molar-refractivity contribution in [3.8, 4) is 12.1 Å². The lowest BCUT2D eigenvalue weighted by atomic mass is 9.49. The number of hydrazine groups is 2. The van der Waals surface area contributed by atoms with E-state index in [1.807, 2.05) is 37.3 Å². The summed E-state index contributed by atoms with van der Waals surface area (Å²) >= 11 is 0. The van der Waals surface area contributed by atoms with Gasteiger partial charge in [-0.1, -0.05) is 39.0 Å². The first-order valence-electron chi connectivity index (χ1n) is 14.8. The van der Waals surface area contributed by atoms with E-state index in [2.05, 4.69) is 82.8 Å². The average Bonchev–Trinajstić information content (AvgIpc) is 3.40. The summed E-state index contributed by atoms with van der Waals surface area (Å²) in [5.41, 5.74) is 13.9. The van der Waals surface area contributed by atoms with Gasteiger partial charge < -0.3 is 16.1 Å². The molecule has 216 valence electrons. The second kappa shape index (κ2) is 9.86. The Morgan fingerprint density at radius 3 is 2.56 bits per heavy atom. The lowest BCUT2D eigenvalue weighted by Crippen LogP contribution is -2.69. The van der Waals surface area contributed by atoms with Crippen LogP contribution in [0.1, 0.15) is 68.5 Å². The van der Waals surface area contributed by atoms with Crippen molar-refractivity contribution in [3.05, 3.63) is 82.9 Å². The van der Waals surface area contributed by atoms with Gasteiger partial charge in [-0.3, -0.25) is 15.0 Å². The average molecular weight is 570 g/mol. The zero-order chi connectivity index (χ0) is 29.9. The van der Waals surface area contributed by atoms with Crippen LogP contribution in [0, 0.1) is 40.9 Å². The Balaban J connectivity index is 1.35. The summed E-state index contributed by atoms with van der Waals surface area (Å²) in [7, 11) is 0. The fourth-order valence-electron chi connectivity index (χ4n) is 6.58. The lowest BCUT2D eigenvalue weighted by molar-refractivity contribution is -0.141. The van der Waals surface area contributed by atoms with Crippen molar-refractivity contribution in [2.45, 2.75) is 58.5 Å². The first kappa shape index (κ1) is 27.0. The third-order valence-electron chi connectivity index (χ3n) is 8.95. The minimum absolute atomic E-state index is 0.0119. The molecule has 3 heterocycles. The maximum Gasteiger partial charge on any atom is 0.103 e. The highest BCUT2D eigenvalue weighted by Gasteiger charge is 2.60. The maximum absolute atomic E-state index is 10.2. The Labute approximate surface area is 251 Å². The van der Waals surface area contributed by atoms with E-state index in [4.69, 9.17) is 4.98 Å². The molecule has 2 aromatic heterocycles. The summed E-state index contributed by atoms with van der Waals surface area (Å²) in [5, 5.41) is 31.4. The van der Waals surface area contributed by atoms with Crippen LogP contribution in [0.3, 0.4) is 0 Å². The zero-order valence-electron chi connectivity index (χ0n) is 24.9. The molecule has 0 spiro atoms. The third kappa shape index (κ3) is 4.67. The molecule has 3 saturated carbocycles. The Morgan fingerprint density at radius 1 is 1.07 bits per heavy atom. The minimum Gasteiger partial charge on any atom is -0.383 e. The predicted molar refractivity (Wildman–Crippen MR) is 168 cm³/mol. The molecule has 0 saturated heterocycles. The van der Waals surface area contributed by atoms with Gasteiger partial charge in [0, 0.05) is 41.1 Å². The first-order chi connectivity index (χ1) is 20.7. The summed E-state index contributed by atoms with van der Waals surface area (Å²) in [6.45, 7) is 9.08. The van der Waals surface area contributed by atoms with Crippen LogP contribution in [-0.2, 0) is 0 Å². The van der Waals surface area contributed by atoms with E-state index in [0.29, 0.717) is 28.9 Å². The summed E-state index contributed by atoms with van der Waals surface area (Å²) in [6.07, 6.45) is 7.39. The molecule has 8 rings (SSSR count). The van der Waals surface area contributed by atoms with Crippen LogP contribution in [0.4, 0.5) is 11.4 Å². The van der Waals surface area contributed by atoms with E-state index < -0.39 is 0 Å². The molecular formula is C34H35N9. The van der Waals surface area contributed by atoms with Crippen LogP contribution in [0.15, 0.2) is 60.6 Å². The largest absolute Gasteiger partial charge is 0.383 e. The molecule has 9 heteroatoms. The van der Waals surface area contributed by atoms with Gasteiger partial charge in [-0.05, 0) is 67.3 Å². The van der Waals surface area contributed by atoms with Gasteiger partial charge in [-0.15, -0.1) is 5.53 Å². The molecule has 3 aliphatic carbocycles. The second-order valence-corrected chi connectivity index (χ2v) is 13.4. The van der Waals surface area contributed by atoms with Crippen LogP contribution in [0.2, 0.25) is 0 Å². The van der Waals surface area contributed by atoms with E-state index in [1.165, 1.54) is 19.3 Å². The number of anilines is 2. The molecule has 1 atom stereocenters. The molecule has 4 N–H and O–H groups in total. The van der Waals surface area contributed by atoms with Gasteiger partial charge in [-0.25, -0.2) is 0 Å². The highest BCUT2D eigenvalue weighted by Crippen LogP contribution is 2.60. The van der Waals surface area contributed by atoms with Crippen molar-refractivity contribution in [1.29, 1.82) is 10.5 Å². The first-order valence-corrected chi connectivity index (χ1v) is 14.8. The van der Waals surface area contributed by atoms with Crippen LogP contribution in [-0.4, -0.2) is 27.1 Å². The van der Waals surface area contributed by atoms with Crippen LogP contribution >= 0.6 is 0 Å². The predicted octanol–water partition coefficient (Wildman–Crippen LogP) is 6.16. The Kier molecular flexibility index (Phi) is 6.19. The van der Waals surface area contributed by atoms with Gasteiger partial charge in [0.25, 0.3) is 0 Å². The number of aromatic nitrogens is 2. The number of benzene rings is 2. The maximum atomic E-state index is 10.2. The molecule has 0 unspecified atom stereocenters. The number of pyridine rings is 2. The summed E-state index contributed by atoms with van der Waals surface area (Å²) in [5.74, 6) is 0.857. The van der Waals surface area contributed by atoms with E-state index in [0.717, 1.165) is 44.8 Å². The highest BCUT2D eigenvalue weighted by atomic mass is 15.7. The van der Waals surface area contributed by atoms with Crippen molar-refractivity contribution >= 4 is 33.2 Å².